The van der Waals surface area contributed by atoms with Gasteiger partial charge < -0.3 is 5.32 Å². The molecule has 2 rings (SSSR count). The minimum absolute atomic E-state index is 0.576. The van der Waals surface area contributed by atoms with Crippen molar-refractivity contribution in [3.8, 4) is 0 Å². The van der Waals surface area contributed by atoms with Crippen LogP contribution in [0.15, 0.2) is 22.7 Å². The molecule has 1 aromatic carbocycles. The van der Waals surface area contributed by atoms with Crippen LogP contribution in [-0.4, -0.2) is 30.1 Å². The van der Waals surface area contributed by atoms with Gasteiger partial charge in [0, 0.05) is 41.2 Å². The van der Waals surface area contributed by atoms with Gasteiger partial charge >= 0.3 is 0 Å². The van der Waals surface area contributed by atoms with Crippen LogP contribution in [0.3, 0.4) is 0 Å². The van der Waals surface area contributed by atoms with E-state index in [2.05, 4.69) is 59.1 Å². The van der Waals surface area contributed by atoms with Gasteiger partial charge in [-0.3, -0.25) is 4.90 Å². The van der Waals surface area contributed by atoms with Gasteiger partial charge in [0.2, 0.25) is 0 Å². The molecule has 1 aliphatic rings. The number of halogens is 2. The number of piperazine rings is 1. The van der Waals surface area contributed by atoms with Gasteiger partial charge in [0.05, 0.1) is 0 Å². The van der Waals surface area contributed by atoms with Crippen molar-refractivity contribution >= 4 is 27.5 Å². The van der Waals surface area contributed by atoms with E-state index in [1.165, 1.54) is 12.0 Å². The number of rotatable bonds is 4. The molecule has 112 valence electrons. The quantitative estimate of drug-likeness (QED) is 0.861. The fraction of sp³-hybridized carbons (Fsp3) is 0.625. The lowest BCUT2D eigenvalue weighted by Gasteiger charge is -2.41. The molecule has 1 aromatic rings. The number of nitrogens with zero attached hydrogens (tertiary/aromatic N) is 1. The zero-order valence-corrected chi connectivity index (χ0v) is 14.8. The average Bonchev–Trinajstić information content (AvgIpc) is 2.41. The molecule has 20 heavy (non-hydrogen) atoms. The van der Waals surface area contributed by atoms with E-state index < -0.39 is 0 Å². The second kappa shape index (κ2) is 7.26. The highest BCUT2D eigenvalue weighted by Crippen LogP contribution is 2.25. The summed E-state index contributed by atoms with van der Waals surface area (Å²) in [5.41, 5.74) is 1.22. The fourth-order valence-corrected chi connectivity index (χ4v) is 3.53. The zero-order valence-electron chi connectivity index (χ0n) is 12.5. The summed E-state index contributed by atoms with van der Waals surface area (Å²) in [5, 5.41) is 4.53. The SMILES string of the molecule is CCC1CNC(C(C)C)CN1Cc1ccc(Br)cc1Cl. The maximum absolute atomic E-state index is 6.37. The van der Waals surface area contributed by atoms with E-state index in [1.807, 2.05) is 6.07 Å². The van der Waals surface area contributed by atoms with E-state index in [-0.39, 0.29) is 0 Å². The molecule has 1 N–H and O–H groups in total. The maximum Gasteiger partial charge on any atom is 0.0462 e. The highest BCUT2D eigenvalue weighted by atomic mass is 79.9. The molecule has 0 spiro atoms. The van der Waals surface area contributed by atoms with Crippen LogP contribution in [-0.2, 0) is 6.54 Å². The first kappa shape index (κ1) is 16.3. The first-order chi connectivity index (χ1) is 9.51. The van der Waals surface area contributed by atoms with Gasteiger partial charge in [0.1, 0.15) is 0 Å². The third kappa shape index (κ3) is 3.97. The number of nitrogens with one attached hydrogen (secondary N) is 1. The monoisotopic (exact) mass is 358 g/mol. The van der Waals surface area contributed by atoms with Gasteiger partial charge in [0.25, 0.3) is 0 Å². The summed E-state index contributed by atoms with van der Waals surface area (Å²) in [6.07, 6.45) is 1.17. The van der Waals surface area contributed by atoms with E-state index >= 15 is 0 Å². The Morgan fingerprint density at radius 1 is 1.45 bits per heavy atom. The summed E-state index contributed by atoms with van der Waals surface area (Å²) in [6.45, 7) is 9.95. The number of hydrogen-bond donors (Lipinski definition) is 1. The fourth-order valence-electron chi connectivity index (χ4n) is 2.79. The average molecular weight is 360 g/mol. The van der Waals surface area contributed by atoms with Gasteiger partial charge in [-0.15, -0.1) is 0 Å². The van der Waals surface area contributed by atoms with Crippen LogP contribution < -0.4 is 5.32 Å². The normalized spacial score (nSPS) is 24.3. The minimum Gasteiger partial charge on any atom is -0.311 e. The Kier molecular flexibility index (Phi) is 5.91. The summed E-state index contributed by atoms with van der Waals surface area (Å²) in [5.74, 6) is 0.663. The summed E-state index contributed by atoms with van der Waals surface area (Å²) >= 11 is 9.83. The predicted octanol–water partition coefficient (Wildman–Crippen LogP) is 4.31. The molecule has 0 radical (unpaired) electrons. The lowest BCUT2D eigenvalue weighted by molar-refractivity contribution is 0.103. The van der Waals surface area contributed by atoms with Crippen molar-refractivity contribution in [1.82, 2.24) is 10.2 Å². The Hall–Kier alpha value is -0.0900. The molecule has 1 aliphatic heterocycles. The van der Waals surface area contributed by atoms with Crippen molar-refractivity contribution in [2.24, 2.45) is 5.92 Å². The van der Waals surface area contributed by atoms with Crippen LogP contribution in [0.25, 0.3) is 0 Å². The third-order valence-electron chi connectivity index (χ3n) is 4.23. The highest BCUT2D eigenvalue weighted by Gasteiger charge is 2.28. The molecule has 1 fully saturated rings. The van der Waals surface area contributed by atoms with Gasteiger partial charge in [-0.05, 0) is 30.0 Å². The van der Waals surface area contributed by atoms with Crippen molar-refractivity contribution in [1.29, 1.82) is 0 Å². The van der Waals surface area contributed by atoms with E-state index in [4.69, 9.17) is 11.6 Å². The van der Waals surface area contributed by atoms with Crippen LogP contribution in [0.1, 0.15) is 32.8 Å². The van der Waals surface area contributed by atoms with Gasteiger partial charge in [-0.25, -0.2) is 0 Å². The number of benzene rings is 1. The highest BCUT2D eigenvalue weighted by molar-refractivity contribution is 9.10. The zero-order chi connectivity index (χ0) is 14.7. The molecular weight excluding hydrogens is 336 g/mol. The standard InChI is InChI=1S/C16H24BrClN2/c1-4-14-8-19-16(11(2)3)10-20(14)9-12-5-6-13(17)7-15(12)18/h5-7,11,14,16,19H,4,8-10H2,1-3H3. The Balaban J connectivity index is 2.11. The second-order valence-electron chi connectivity index (χ2n) is 5.99. The second-order valence-corrected chi connectivity index (χ2v) is 7.31. The van der Waals surface area contributed by atoms with Crippen molar-refractivity contribution < 1.29 is 0 Å². The molecule has 0 bridgehead atoms. The van der Waals surface area contributed by atoms with Gasteiger partial charge in [0.15, 0.2) is 0 Å². The van der Waals surface area contributed by atoms with Crippen molar-refractivity contribution in [2.45, 2.75) is 45.8 Å². The van der Waals surface area contributed by atoms with Gasteiger partial charge in [-0.2, -0.15) is 0 Å². The Labute approximate surface area is 136 Å². The third-order valence-corrected chi connectivity index (χ3v) is 5.07. The molecular formula is C16H24BrClN2. The summed E-state index contributed by atoms with van der Waals surface area (Å²) in [6, 6.07) is 7.37. The molecule has 0 amide bonds. The first-order valence-electron chi connectivity index (χ1n) is 7.42. The molecule has 2 atom stereocenters. The number of hydrogen-bond acceptors (Lipinski definition) is 2. The van der Waals surface area contributed by atoms with E-state index in [1.54, 1.807) is 0 Å². The maximum atomic E-state index is 6.37. The molecule has 2 unspecified atom stereocenters. The molecule has 1 heterocycles. The van der Waals surface area contributed by atoms with Crippen LogP contribution >= 0.6 is 27.5 Å². The van der Waals surface area contributed by atoms with E-state index in [9.17, 15) is 0 Å². The van der Waals surface area contributed by atoms with Crippen LogP contribution in [0.2, 0.25) is 5.02 Å². The van der Waals surface area contributed by atoms with E-state index in [0.29, 0.717) is 18.0 Å². The molecule has 4 heteroatoms. The Bertz CT molecular complexity index is 450. The first-order valence-corrected chi connectivity index (χ1v) is 8.59. The van der Waals surface area contributed by atoms with Crippen molar-refractivity contribution in [3.05, 3.63) is 33.3 Å². The lowest BCUT2D eigenvalue weighted by atomic mass is 9.98. The van der Waals surface area contributed by atoms with E-state index in [0.717, 1.165) is 29.1 Å². The smallest absolute Gasteiger partial charge is 0.0462 e. The van der Waals surface area contributed by atoms with Crippen LogP contribution in [0, 0.1) is 5.92 Å². The van der Waals surface area contributed by atoms with Crippen LogP contribution in [0.5, 0.6) is 0 Å². The molecule has 0 saturated carbocycles. The summed E-state index contributed by atoms with van der Waals surface area (Å²) in [7, 11) is 0. The molecule has 1 saturated heterocycles. The minimum atomic E-state index is 0.576. The molecule has 2 nitrogen and oxygen atoms in total. The predicted molar refractivity (Wildman–Crippen MR) is 90.3 cm³/mol. The van der Waals surface area contributed by atoms with Crippen LogP contribution in [0.4, 0.5) is 0 Å². The summed E-state index contributed by atoms with van der Waals surface area (Å²) in [4.78, 5) is 2.58. The van der Waals surface area contributed by atoms with Crippen molar-refractivity contribution in [2.75, 3.05) is 13.1 Å². The topological polar surface area (TPSA) is 15.3 Å². The summed E-state index contributed by atoms with van der Waals surface area (Å²) < 4.78 is 1.04. The molecule has 0 aliphatic carbocycles. The Morgan fingerprint density at radius 2 is 2.20 bits per heavy atom. The van der Waals surface area contributed by atoms with Crippen molar-refractivity contribution in [3.63, 3.8) is 0 Å². The lowest BCUT2D eigenvalue weighted by Crippen LogP contribution is -2.57. The van der Waals surface area contributed by atoms with Gasteiger partial charge in [-0.1, -0.05) is 54.4 Å². The molecule has 0 aromatic heterocycles. The Morgan fingerprint density at radius 3 is 2.80 bits per heavy atom. The largest absolute Gasteiger partial charge is 0.311 e.